The molecule has 368 valence electrons. The van der Waals surface area contributed by atoms with Crippen LogP contribution in [0.25, 0.3) is 0 Å². The number of fused-ring (bicyclic) bond motifs is 2. The van der Waals surface area contributed by atoms with E-state index in [1.54, 1.807) is 41.5 Å². The Kier molecular flexibility index (Phi) is 16.3. The molecule has 67 heavy (non-hydrogen) atoms. The summed E-state index contributed by atoms with van der Waals surface area (Å²) in [5, 5.41) is 50.8. The van der Waals surface area contributed by atoms with Crippen molar-refractivity contribution >= 4 is 23.4 Å². The predicted octanol–water partition coefficient (Wildman–Crippen LogP) is 9.65. The maximum atomic E-state index is 13.5. The van der Waals surface area contributed by atoms with Crippen molar-refractivity contribution in [3.05, 3.63) is 117 Å². The number of hydrogen-bond acceptors (Lipinski definition) is 8. The highest BCUT2D eigenvalue weighted by molar-refractivity contribution is 5.93. The zero-order chi connectivity index (χ0) is 49.4. The van der Waals surface area contributed by atoms with Gasteiger partial charge in [0.15, 0.2) is 12.2 Å². The van der Waals surface area contributed by atoms with Gasteiger partial charge in [0, 0.05) is 11.1 Å². The van der Waals surface area contributed by atoms with Crippen molar-refractivity contribution < 1.29 is 74.6 Å². The summed E-state index contributed by atoms with van der Waals surface area (Å²) in [6, 6.07) is 10.1. The van der Waals surface area contributed by atoms with Gasteiger partial charge < -0.3 is 51.2 Å². The molecule has 4 aromatic rings. The number of carbonyl (C=O) groups is 2. The Morgan fingerprint density at radius 1 is 0.597 bits per heavy atom. The summed E-state index contributed by atoms with van der Waals surface area (Å²) in [6.07, 6.45) is -17.3. The van der Waals surface area contributed by atoms with Gasteiger partial charge in [0.1, 0.15) is 23.1 Å². The second-order valence-electron chi connectivity index (χ2n) is 18.1. The maximum Gasteiger partial charge on any atom is 0.418 e. The third-order valence-corrected chi connectivity index (χ3v) is 11.2. The monoisotopic (exact) mass is 956 g/mol. The molecule has 2 aliphatic carbocycles. The van der Waals surface area contributed by atoms with Crippen LogP contribution in [0.1, 0.15) is 118 Å². The summed E-state index contributed by atoms with van der Waals surface area (Å²) in [7, 11) is 2.27. The van der Waals surface area contributed by atoms with Crippen molar-refractivity contribution in [1.29, 1.82) is 0 Å². The number of rotatable bonds is 8. The number of alkyl halides is 6. The van der Waals surface area contributed by atoms with Crippen LogP contribution in [0.3, 0.4) is 0 Å². The molecular formula is C47H56F8N4O8. The van der Waals surface area contributed by atoms with Crippen LogP contribution in [0.4, 0.5) is 56.1 Å². The van der Waals surface area contributed by atoms with Crippen LogP contribution in [0.5, 0.6) is 11.5 Å². The van der Waals surface area contributed by atoms with E-state index in [9.17, 15) is 65.1 Å². The van der Waals surface area contributed by atoms with Crippen molar-refractivity contribution in [2.24, 2.45) is 0 Å². The number of nitrogens with one attached hydrogen (secondary N) is 4. The zero-order valence-corrected chi connectivity index (χ0v) is 37.1. The van der Waals surface area contributed by atoms with Gasteiger partial charge in [0.25, 0.3) is 0 Å². The minimum atomic E-state index is -4.95. The first kappa shape index (κ1) is 53.9. The zero-order valence-electron chi connectivity index (χ0n) is 37.1. The molecule has 12 nitrogen and oxygen atoms in total. The lowest BCUT2D eigenvalue weighted by molar-refractivity contribution is -0.207. The molecule has 0 unspecified atom stereocenters. The molecule has 4 aromatic carbocycles. The van der Waals surface area contributed by atoms with E-state index in [0.29, 0.717) is 33.4 Å². The summed E-state index contributed by atoms with van der Waals surface area (Å²) in [6.45, 7) is 10.6. The quantitative estimate of drug-likeness (QED) is 0.0804. The van der Waals surface area contributed by atoms with E-state index in [1.165, 1.54) is 60.7 Å². The van der Waals surface area contributed by atoms with Crippen LogP contribution >= 0.6 is 0 Å². The molecule has 0 fully saturated rings. The average molecular weight is 957 g/mol. The standard InChI is InChI=1S/2C23H26F4N2O4.CH4/c2*1-22(2,3)12-9-15(20(31)23(25,26)27)19(33-4)17(10-12)29-21(32)28-16-8-11-7-13(24)5-6-14(11)18(16)30;/h2*5-7,9-10,16,18,20,30-31H,8H2,1-4H3,(H2,28,29,32);1H4/t16-,18+,20+;16-,18+,20-;/m01./s1. The maximum absolute atomic E-state index is 13.5. The third-order valence-electron chi connectivity index (χ3n) is 11.2. The minimum Gasteiger partial charge on any atom is -0.494 e. The summed E-state index contributed by atoms with van der Waals surface area (Å²) < 4.78 is 117. The molecular weight excluding hydrogens is 901 g/mol. The van der Waals surface area contributed by atoms with E-state index in [2.05, 4.69) is 21.3 Å². The second-order valence-corrected chi connectivity index (χ2v) is 18.1. The number of benzene rings is 4. The van der Waals surface area contributed by atoms with Crippen LogP contribution < -0.4 is 30.7 Å². The van der Waals surface area contributed by atoms with Gasteiger partial charge in [-0.3, -0.25) is 0 Å². The van der Waals surface area contributed by atoms with Crippen LogP contribution in [-0.2, 0) is 23.7 Å². The Morgan fingerprint density at radius 2 is 0.925 bits per heavy atom. The van der Waals surface area contributed by atoms with Crippen molar-refractivity contribution in [3.63, 3.8) is 0 Å². The van der Waals surface area contributed by atoms with Gasteiger partial charge in [-0.25, -0.2) is 18.4 Å². The number of aliphatic hydroxyl groups excluding tert-OH is 4. The SMILES string of the molecule is C.COc1c(NC(=O)N[C@@H]2Cc3cc(F)ccc3[C@@H]2O)cc(C(C)(C)C)cc1[C@@H](O)C(F)(F)F.COc1c(NC(=O)N[C@H]2Cc3cc(F)ccc3[C@H]2O)cc(C(C)(C)C)cc1[C@@H](O)C(F)(F)F. The summed E-state index contributed by atoms with van der Waals surface area (Å²) in [5.74, 6) is -1.60. The van der Waals surface area contributed by atoms with E-state index < -0.39 is 94.5 Å². The third kappa shape index (κ3) is 12.5. The smallest absolute Gasteiger partial charge is 0.418 e. The topological polar surface area (TPSA) is 182 Å². The van der Waals surface area contributed by atoms with E-state index in [-0.39, 0.29) is 43.1 Å². The highest BCUT2D eigenvalue weighted by Gasteiger charge is 2.44. The number of amides is 4. The first-order chi connectivity index (χ1) is 30.4. The molecule has 8 N–H and O–H groups in total. The van der Waals surface area contributed by atoms with Crippen molar-refractivity contribution in [3.8, 4) is 11.5 Å². The largest absolute Gasteiger partial charge is 0.494 e. The number of halogens is 8. The number of methoxy groups -OCH3 is 2. The van der Waals surface area contributed by atoms with Gasteiger partial charge in [0.2, 0.25) is 0 Å². The van der Waals surface area contributed by atoms with Gasteiger partial charge in [-0.2, -0.15) is 26.3 Å². The minimum absolute atomic E-state index is 0. The lowest BCUT2D eigenvalue weighted by Crippen LogP contribution is -2.40. The number of carbonyl (C=O) groups excluding carboxylic acids is 2. The van der Waals surface area contributed by atoms with Gasteiger partial charge in [-0.15, -0.1) is 0 Å². The number of anilines is 2. The van der Waals surface area contributed by atoms with Gasteiger partial charge in [0.05, 0.1) is 49.9 Å². The van der Waals surface area contributed by atoms with Gasteiger partial charge in [-0.05, 0) is 106 Å². The Labute approximate surface area is 382 Å². The lowest BCUT2D eigenvalue weighted by Gasteiger charge is -2.26. The van der Waals surface area contributed by atoms with Crippen molar-refractivity contribution in [2.75, 3.05) is 24.9 Å². The number of ether oxygens (including phenoxy) is 2. The molecule has 4 amide bonds. The molecule has 0 saturated heterocycles. The van der Waals surface area contributed by atoms with Crippen LogP contribution in [-0.4, -0.2) is 71.1 Å². The van der Waals surface area contributed by atoms with Crippen LogP contribution in [0, 0.1) is 11.6 Å². The molecule has 0 bridgehead atoms. The molecule has 0 aromatic heterocycles. The normalized spacial score (nSPS) is 18.8. The first-order valence-electron chi connectivity index (χ1n) is 20.5. The van der Waals surface area contributed by atoms with E-state index in [1.807, 2.05) is 0 Å². The Hall–Kier alpha value is -5.70. The highest BCUT2D eigenvalue weighted by Crippen LogP contribution is 2.45. The predicted molar refractivity (Wildman–Crippen MR) is 234 cm³/mol. The summed E-state index contributed by atoms with van der Waals surface area (Å²) >= 11 is 0. The molecule has 0 radical (unpaired) electrons. The molecule has 6 rings (SSSR count). The van der Waals surface area contributed by atoms with Crippen LogP contribution in [0.2, 0.25) is 0 Å². The summed E-state index contributed by atoms with van der Waals surface area (Å²) in [5.41, 5.74) is 0.530. The molecule has 6 atom stereocenters. The second kappa shape index (κ2) is 20.3. The fourth-order valence-electron chi connectivity index (χ4n) is 7.69. The van der Waals surface area contributed by atoms with E-state index >= 15 is 0 Å². The van der Waals surface area contributed by atoms with Gasteiger partial charge >= 0.3 is 24.4 Å². The number of urea groups is 2. The van der Waals surface area contributed by atoms with Gasteiger partial charge in [-0.1, -0.05) is 61.1 Å². The van der Waals surface area contributed by atoms with E-state index in [0.717, 1.165) is 14.2 Å². The lowest BCUT2D eigenvalue weighted by atomic mass is 9.84. The molecule has 2 aliphatic rings. The molecule has 0 aliphatic heterocycles. The average Bonchev–Trinajstić information content (AvgIpc) is 3.67. The summed E-state index contributed by atoms with van der Waals surface area (Å²) in [4.78, 5) is 25.4. The van der Waals surface area contributed by atoms with E-state index in [4.69, 9.17) is 9.47 Å². The van der Waals surface area contributed by atoms with Crippen molar-refractivity contribution in [2.45, 2.75) is 121 Å². The fourth-order valence-corrected chi connectivity index (χ4v) is 7.69. The number of hydrogen-bond donors (Lipinski definition) is 8. The fraction of sp³-hybridized carbons (Fsp3) is 0.447. The highest BCUT2D eigenvalue weighted by atomic mass is 19.4. The molecule has 20 heteroatoms. The Bertz CT molecular complexity index is 2270. The molecule has 0 heterocycles. The molecule has 0 spiro atoms. The van der Waals surface area contributed by atoms with Crippen LogP contribution in [0.15, 0.2) is 60.7 Å². The Balaban J connectivity index is 0.000000288. The number of aliphatic hydroxyl groups is 4. The Morgan fingerprint density at radius 3 is 1.21 bits per heavy atom. The van der Waals surface area contributed by atoms with Crippen molar-refractivity contribution in [1.82, 2.24) is 10.6 Å². The molecule has 0 saturated carbocycles. The first-order valence-corrected chi connectivity index (χ1v) is 20.5.